The zero-order chi connectivity index (χ0) is 24.2. The third-order valence-corrected chi connectivity index (χ3v) is 9.22. The molecule has 3 heterocycles. The predicted octanol–water partition coefficient (Wildman–Crippen LogP) is 3.36. The fourth-order valence-electron chi connectivity index (χ4n) is 5.06. The summed E-state index contributed by atoms with van der Waals surface area (Å²) in [4.78, 5) is 0. The molecule has 0 amide bonds. The average Bonchev–Trinajstić information content (AvgIpc) is 3.50. The molecule has 1 aromatic heterocycles. The second-order valence-electron chi connectivity index (χ2n) is 9.43. The zero-order valence-corrected chi connectivity index (χ0v) is 20.5. The lowest BCUT2D eigenvalue weighted by molar-refractivity contribution is 0.0321. The van der Waals surface area contributed by atoms with E-state index in [9.17, 15) is 8.42 Å². The van der Waals surface area contributed by atoms with Crippen LogP contribution in [-0.2, 0) is 19.7 Å². The number of rotatable bonds is 6. The van der Waals surface area contributed by atoms with Gasteiger partial charge in [-0.2, -0.15) is 12.7 Å². The van der Waals surface area contributed by atoms with Crippen LogP contribution in [0, 0.1) is 0 Å². The van der Waals surface area contributed by atoms with Gasteiger partial charge in [-0.15, -0.1) is 0 Å². The van der Waals surface area contributed by atoms with E-state index in [4.69, 9.17) is 19.9 Å². The Morgan fingerprint density at radius 1 is 1.11 bits per heavy atom. The second-order valence-corrected chi connectivity index (χ2v) is 11.4. The standard InChI is InChI=1S/C25H30N4O5S/c1-27-11-12-28(35(27,30)31)18-7-5-17(6-8-18)25-24(26)22-13-20(33-15-21-14-32-16-34-21)9-10-23(22)29(25)19-3-2-4-19/h5-10,13,19,21H,2-4,11-12,14-16,26H2,1H3. The van der Waals surface area contributed by atoms with Crippen molar-refractivity contribution in [3.05, 3.63) is 42.5 Å². The lowest BCUT2D eigenvalue weighted by Crippen LogP contribution is -2.30. The van der Waals surface area contributed by atoms with Gasteiger partial charge < -0.3 is 24.5 Å². The number of fused-ring (bicyclic) bond motifs is 1. The maximum Gasteiger partial charge on any atom is 0.303 e. The van der Waals surface area contributed by atoms with Gasteiger partial charge >= 0.3 is 10.2 Å². The van der Waals surface area contributed by atoms with E-state index in [1.165, 1.54) is 15.0 Å². The summed E-state index contributed by atoms with van der Waals surface area (Å²) in [7, 11) is -1.85. The minimum atomic E-state index is -3.45. The number of aromatic nitrogens is 1. The number of hydrogen-bond donors (Lipinski definition) is 1. The molecule has 2 aliphatic heterocycles. The van der Waals surface area contributed by atoms with E-state index < -0.39 is 10.2 Å². The molecular weight excluding hydrogens is 468 g/mol. The summed E-state index contributed by atoms with van der Waals surface area (Å²) in [6, 6.07) is 14.1. The lowest BCUT2D eigenvalue weighted by atomic mass is 9.92. The van der Waals surface area contributed by atoms with Crippen LogP contribution < -0.4 is 14.8 Å². The first kappa shape index (κ1) is 22.7. The first-order chi connectivity index (χ1) is 16.9. The molecule has 2 saturated heterocycles. The Kier molecular flexibility index (Phi) is 5.63. The number of benzene rings is 2. The Hall–Kier alpha value is -2.79. The quantitative estimate of drug-likeness (QED) is 0.560. The molecule has 10 heteroatoms. The summed E-state index contributed by atoms with van der Waals surface area (Å²) in [6.45, 7) is 2.21. The van der Waals surface area contributed by atoms with Crippen molar-refractivity contribution in [2.75, 3.05) is 50.2 Å². The van der Waals surface area contributed by atoms with Crippen molar-refractivity contribution in [3.63, 3.8) is 0 Å². The van der Waals surface area contributed by atoms with Crippen molar-refractivity contribution in [2.45, 2.75) is 31.4 Å². The molecular formula is C25H30N4O5S. The molecule has 3 aliphatic rings. The van der Waals surface area contributed by atoms with Crippen LogP contribution in [0.5, 0.6) is 5.75 Å². The smallest absolute Gasteiger partial charge is 0.303 e. The molecule has 0 radical (unpaired) electrons. The first-order valence-electron chi connectivity index (χ1n) is 12.0. The van der Waals surface area contributed by atoms with Gasteiger partial charge in [0.1, 0.15) is 25.3 Å². The van der Waals surface area contributed by atoms with E-state index in [0.717, 1.165) is 40.8 Å². The van der Waals surface area contributed by atoms with E-state index in [1.54, 1.807) is 7.05 Å². The Bertz CT molecular complexity index is 1340. The number of nitrogens with two attached hydrogens (primary N) is 1. The summed E-state index contributed by atoms with van der Waals surface area (Å²) >= 11 is 0. The highest BCUT2D eigenvalue weighted by Crippen LogP contribution is 2.45. The molecule has 0 bridgehead atoms. The molecule has 0 spiro atoms. The molecule has 1 aliphatic carbocycles. The van der Waals surface area contributed by atoms with Gasteiger partial charge in [-0.05, 0) is 49.6 Å². The van der Waals surface area contributed by atoms with Crippen LogP contribution in [0.2, 0.25) is 0 Å². The van der Waals surface area contributed by atoms with Crippen LogP contribution in [0.25, 0.3) is 22.2 Å². The molecule has 1 atom stereocenters. The zero-order valence-electron chi connectivity index (χ0n) is 19.7. The minimum Gasteiger partial charge on any atom is -0.491 e. The third kappa shape index (κ3) is 3.85. The van der Waals surface area contributed by atoms with Gasteiger partial charge in [0.15, 0.2) is 0 Å². The number of anilines is 2. The summed E-state index contributed by atoms with van der Waals surface area (Å²) in [5.74, 6) is 0.746. The highest BCUT2D eigenvalue weighted by molar-refractivity contribution is 7.90. The largest absolute Gasteiger partial charge is 0.491 e. The van der Waals surface area contributed by atoms with E-state index in [-0.39, 0.29) is 6.10 Å². The molecule has 186 valence electrons. The monoisotopic (exact) mass is 498 g/mol. The van der Waals surface area contributed by atoms with Gasteiger partial charge in [0.05, 0.1) is 29.2 Å². The first-order valence-corrected chi connectivity index (χ1v) is 13.4. The molecule has 2 aromatic carbocycles. The van der Waals surface area contributed by atoms with Crippen LogP contribution in [-0.4, -0.2) is 63.5 Å². The fourth-order valence-corrected chi connectivity index (χ4v) is 6.41. The molecule has 3 aromatic rings. The summed E-state index contributed by atoms with van der Waals surface area (Å²) in [5, 5.41) is 0.959. The fraction of sp³-hybridized carbons (Fsp3) is 0.440. The molecule has 9 nitrogen and oxygen atoms in total. The van der Waals surface area contributed by atoms with Crippen LogP contribution in [0.15, 0.2) is 42.5 Å². The molecule has 1 unspecified atom stereocenters. The van der Waals surface area contributed by atoms with E-state index in [0.29, 0.717) is 50.5 Å². The maximum absolute atomic E-state index is 12.6. The Balaban J connectivity index is 1.36. The van der Waals surface area contributed by atoms with Gasteiger partial charge in [0, 0.05) is 37.1 Å². The average molecular weight is 499 g/mol. The Labute approximate surface area is 205 Å². The number of likely N-dealkylation sites (N-methyl/N-ethyl adjacent to an activating group) is 1. The van der Waals surface area contributed by atoms with Crippen molar-refractivity contribution >= 4 is 32.5 Å². The van der Waals surface area contributed by atoms with Crippen molar-refractivity contribution in [1.29, 1.82) is 0 Å². The molecule has 3 fully saturated rings. The highest BCUT2D eigenvalue weighted by Gasteiger charge is 2.34. The van der Waals surface area contributed by atoms with Gasteiger partial charge in [-0.3, -0.25) is 4.31 Å². The Morgan fingerprint density at radius 3 is 2.54 bits per heavy atom. The SMILES string of the molecule is CN1CCN(c2ccc(-c3c(N)c4cc(OCC5COCO5)ccc4n3C3CCC3)cc2)S1(=O)=O. The second kappa shape index (κ2) is 8.70. The lowest BCUT2D eigenvalue weighted by Gasteiger charge is -2.30. The van der Waals surface area contributed by atoms with Crippen LogP contribution >= 0.6 is 0 Å². The van der Waals surface area contributed by atoms with Crippen LogP contribution in [0.4, 0.5) is 11.4 Å². The third-order valence-electron chi connectivity index (χ3n) is 7.30. The molecule has 1 saturated carbocycles. The van der Waals surface area contributed by atoms with E-state index >= 15 is 0 Å². The van der Waals surface area contributed by atoms with Gasteiger partial charge in [-0.25, -0.2) is 0 Å². The summed E-state index contributed by atoms with van der Waals surface area (Å²) in [5.41, 5.74) is 11.2. The van der Waals surface area contributed by atoms with Gasteiger partial charge in [0.25, 0.3) is 0 Å². The molecule has 35 heavy (non-hydrogen) atoms. The predicted molar refractivity (Wildman–Crippen MR) is 135 cm³/mol. The summed E-state index contributed by atoms with van der Waals surface area (Å²) < 4.78 is 47.0. The van der Waals surface area contributed by atoms with E-state index in [1.807, 2.05) is 36.4 Å². The van der Waals surface area contributed by atoms with Gasteiger partial charge in [0.2, 0.25) is 0 Å². The summed E-state index contributed by atoms with van der Waals surface area (Å²) in [6.07, 6.45) is 3.37. The number of ether oxygens (including phenoxy) is 3. The minimum absolute atomic E-state index is 0.0593. The van der Waals surface area contributed by atoms with Gasteiger partial charge in [-0.1, -0.05) is 12.1 Å². The van der Waals surface area contributed by atoms with E-state index in [2.05, 4.69) is 10.6 Å². The van der Waals surface area contributed by atoms with Crippen molar-refractivity contribution in [2.24, 2.45) is 0 Å². The number of nitrogens with zero attached hydrogens (tertiary/aromatic N) is 3. The molecule has 6 rings (SSSR count). The van der Waals surface area contributed by atoms with Crippen molar-refractivity contribution in [1.82, 2.24) is 8.87 Å². The maximum atomic E-state index is 12.6. The van der Waals surface area contributed by atoms with Crippen molar-refractivity contribution in [3.8, 4) is 17.0 Å². The van der Waals surface area contributed by atoms with Crippen LogP contribution in [0.3, 0.4) is 0 Å². The normalized spacial score (nSPS) is 22.7. The number of nitrogen functional groups attached to an aromatic ring is 1. The molecule has 2 N–H and O–H groups in total. The Morgan fingerprint density at radius 2 is 1.91 bits per heavy atom. The topological polar surface area (TPSA) is 99.3 Å². The van der Waals surface area contributed by atoms with Crippen molar-refractivity contribution < 1.29 is 22.6 Å². The highest BCUT2D eigenvalue weighted by atomic mass is 32.2. The number of hydrogen-bond acceptors (Lipinski definition) is 6. The van der Waals surface area contributed by atoms with Crippen LogP contribution in [0.1, 0.15) is 25.3 Å².